The molecule has 0 radical (unpaired) electrons. The fraction of sp³-hybridized carbons (Fsp3) is 0.500. The Kier molecular flexibility index (Phi) is 6.54. The lowest BCUT2D eigenvalue weighted by atomic mass is 10.00. The van der Waals surface area contributed by atoms with Gasteiger partial charge >= 0.3 is 12.2 Å². The van der Waals surface area contributed by atoms with Gasteiger partial charge in [0.1, 0.15) is 11.7 Å². The second-order valence-corrected chi connectivity index (χ2v) is 8.59. The van der Waals surface area contributed by atoms with Crippen LogP contribution in [0.2, 0.25) is 0 Å². The van der Waals surface area contributed by atoms with Crippen molar-refractivity contribution >= 4 is 29.4 Å². The molecule has 3 rings (SSSR count). The number of ether oxygens (including phenoxy) is 2. The van der Waals surface area contributed by atoms with E-state index in [-0.39, 0.29) is 19.1 Å². The van der Waals surface area contributed by atoms with E-state index in [4.69, 9.17) is 9.47 Å². The van der Waals surface area contributed by atoms with Crippen molar-refractivity contribution in [2.24, 2.45) is 0 Å². The monoisotopic (exact) mass is 431 g/mol. The summed E-state index contributed by atoms with van der Waals surface area (Å²) in [4.78, 5) is 38.7. The molecule has 3 amide bonds. The molecule has 9 nitrogen and oxygen atoms in total. The lowest BCUT2D eigenvalue weighted by molar-refractivity contribution is -0.119. The van der Waals surface area contributed by atoms with Gasteiger partial charge in [-0.05, 0) is 44.0 Å². The third kappa shape index (κ3) is 5.35. The summed E-state index contributed by atoms with van der Waals surface area (Å²) in [5.74, 6) is -0.178. The molecule has 1 fully saturated rings. The minimum Gasteiger partial charge on any atom is -0.444 e. The van der Waals surface area contributed by atoms with Gasteiger partial charge in [0.2, 0.25) is 5.91 Å². The molecule has 0 bridgehead atoms. The molecule has 2 heterocycles. The summed E-state index contributed by atoms with van der Waals surface area (Å²) >= 11 is 0. The summed E-state index contributed by atoms with van der Waals surface area (Å²) in [6, 6.07) is 6.78. The predicted octanol–water partition coefficient (Wildman–Crippen LogP) is 2.14. The first kappa shape index (κ1) is 22.6. The SMILES string of the molecule is CC(=O)NC[C@H]1CN(c2ccc(C3=CCN(C(=O)OC(C)(C)C)[C@@H]3CO)cc2)C(=O)O1. The maximum Gasteiger partial charge on any atom is 0.414 e. The number of nitrogens with zero attached hydrogens (tertiary/aromatic N) is 2. The Morgan fingerprint density at radius 1 is 1.26 bits per heavy atom. The first-order chi connectivity index (χ1) is 14.6. The van der Waals surface area contributed by atoms with Gasteiger partial charge in [0.25, 0.3) is 0 Å². The van der Waals surface area contributed by atoms with Crippen molar-refractivity contribution in [1.82, 2.24) is 10.2 Å². The normalized spacial score (nSPS) is 21.1. The third-order valence-electron chi connectivity index (χ3n) is 5.01. The Labute approximate surface area is 181 Å². The molecule has 168 valence electrons. The summed E-state index contributed by atoms with van der Waals surface area (Å²) in [5.41, 5.74) is 1.72. The Balaban J connectivity index is 1.68. The number of carbonyl (C=O) groups is 3. The highest BCUT2D eigenvalue weighted by atomic mass is 16.6. The maximum atomic E-state index is 12.5. The zero-order chi connectivity index (χ0) is 22.8. The van der Waals surface area contributed by atoms with Crippen LogP contribution in [0.4, 0.5) is 15.3 Å². The average Bonchev–Trinajstić information content (AvgIpc) is 3.28. The van der Waals surface area contributed by atoms with Crippen LogP contribution >= 0.6 is 0 Å². The van der Waals surface area contributed by atoms with Gasteiger partial charge < -0.3 is 19.9 Å². The molecule has 0 aromatic heterocycles. The van der Waals surface area contributed by atoms with Crippen LogP contribution in [0.25, 0.3) is 5.57 Å². The van der Waals surface area contributed by atoms with Gasteiger partial charge in [-0.15, -0.1) is 0 Å². The lowest BCUT2D eigenvalue weighted by Gasteiger charge is -2.29. The van der Waals surface area contributed by atoms with Crippen LogP contribution in [0, 0.1) is 0 Å². The zero-order valence-corrected chi connectivity index (χ0v) is 18.3. The van der Waals surface area contributed by atoms with Crippen molar-refractivity contribution in [3.8, 4) is 0 Å². The van der Waals surface area contributed by atoms with Gasteiger partial charge in [-0.1, -0.05) is 18.2 Å². The largest absolute Gasteiger partial charge is 0.444 e. The number of aliphatic hydroxyl groups is 1. The fourth-order valence-corrected chi connectivity index (χ4v) is 3.59. The topological polar surface area (TPSA) is 108 Å². The number of anilines is 1. The van der Waals surface area contributed by atoms with E-state index < -0.39 is 29.9 Å². The second-order valence-electron chi connectivity index (χ2n) is 8.59. The summed E-state index contributed by atoms with van der Waals surface area (Å²) in [7, 11) is 0. The van der Waals surface area contributed by atoms with Crippen molar-refractivity contribution < 1.29 is 29.0 Å². The number of hydrogen-bond donors (Lipinski definition) is 2. The van der Waals surface area contributed by atoms with Crippen LogP contribution in [-0.4, -0.2) is 72.1 Å². The van der Waals surface area contributed by atoms with Crippen molar-refractivity contribution in [1.29, 1.82) is 0 Å². The minimum atomic E-state index is -0.621. The minimum absolute atomic E-state index is 0.178. The van der Waals surface area contributed by atoms with Gasteiger partial charge in [-0.3, -0.25) is 14.6 Å². The summed E-state index contributed by atoms with van der Waals surface area (Å²) in [6.07, 6.45) is 0.551. The quantitative estimate of drug-likeness (QED) is 0.740. The molecule has 1 aromatic carbocycles. The number of cyclic esters (lactones) is 1. The van der Waals surface area contributed by atoms with Gasteiger partial charge in [0, 0.05) is 19.2 Å². The summed E-state index contributed by atoms with van der Waals surface area (Å²) in [6.45, 7) is 7.53. The molecular formula is C22H29N3O6. The molecule has 0 aliphatic carbocycles. The van der Waals surface area contributed by atoms with Gasteiger partial charge in [-0.2, -0.15) is 0 Å². The molecule has 0 spiro atoms. The Morgan fingerprint density at radius 2 is 1.94 bits per heavy atom. The molecule has 9 heteroatoms. The van der Waals surface area contributed by atoms with Crippen LogP contribution in [0.15, 0.2) is 30.3 Å². The predicted molar refractivity (Wildman–Crippen MR) is 115 cm³/mol. The number of benzene rings is 1. The number of rotatable bonds is 5. The van der Waals surface area contributed by atoms with Crippen molar-refractivity contribution in [3.05, 3.63) is 35.9 Å². The summed E-state index contributed by atoms with van der Waals surface area (Å²) in [5, 5.41) is 12.6. The molecule has 1 aromatic rings. The van der Waals surface area contributed by atoms with E-state index in [2.05, 4.69) is 5.32 Å². The summed E-state index contributed by atoms with van der Waals surface area (Å²) < 4.78 is 10.7. The number of hydrogen-bond acceptors (Lipinski definition) is 6. The maximum absolute atomic E-state index is 12.5. The van der Waals surface area contributed by atoms with E-state index in [1.807, 2.05) is 18.2 Å². The van der Waals surface area contributed by atoms with E-state index in [0.29, 0.717) is 18.8 Å². The van der Waals surface area contributed by atoms with Gasteiger partial charge in [-0.25, -0.2) is 9.59 Å². The lowest BCUT2D eigenvalue weighted by Crippen LogP contribution is -2.42. The molecule has 0 unspecified atom stereocenters. The van der Waals surface area contributed by atoms with Crippen molar-refractivity contribution in [3.63, 3.8) is 0 Å². The van der Waals surface area contributed by atoms with Crippen LogP contribution in [-0.2, 0) is 14.3 Å². The van der Waals surface area contributed by atoms with E-state index in [1.54, 1.807) is 32.9 Å². The smallest absolute Gasteiger partial charge is 0.414 e. The molecule has 1 saturated heterocycles. The Morgan fingerprint density at radius 3 is 2.52 bits per heavy atom. The van der Waals surface area contributed by atoms with Crippen LogP contribution in [0.1, 0.15) is 33.3 Å². The Bertz CT molecular complexity index is 874. The number of aliphatic hydroxyl groups excluding tert-OH is 1. The molecule has 2 atom stereocenters. The first-order valence-corrected chi connectivity index (χ1v) is 10.2. The first-order valence-electron chi connectivity index (χ1n) is 10.2. The van der Waals surface area contributed by atoms with Gasteiger partial charge in [0.15, 0.2) is 0 Å². The number of carbonyl (C=O) groups excluding carboxylic acids is 3. The molecular weight excluding hydrogens is 402 g/mol. The fourth-order valence-electron chi connectivity index (χ4n) is 3.59. The van der Waals surface area contributed by atoms with Crippen LogP contribution in [0.5, 0.6) is 0 Å². The molecule has 2 aliphatic rings. The number of nitrogens with one attached hydrogen (secondary N) is 1. The van der Waals surface area contributed by atoms with Crippen molar-refractivity contribution in [2.45, 2.75) is 45.4 Å². The third-order valence-corrected chi connectivity index (χ3v) is 5.01. The highest BCUT2D eigenvalue weighted by molar-refractivity contribution is 5.90. The van der Waals surface area contributed by atoms with E-state index in [9.17, 15) is 19.5 Å². The van der Waals surface area contributed by atoms with E-state index in [1.165, 1.54) is 16.7 Å². The molecule has 2 aliphatic heterocycles. The highest BCUT2D eigenvalue weighted by Gasteiger charge is 2.35. The second kappa shape index (κ2) is 8.97. The Hall–Kier alpha value is -3.07. The van der Waals surface area contributed by atoms with Crippen LogP contribution in [0.3, 0.4) is 0 Å². The van der Waals surface area contributed by atoms with Crippen LogP contribution < -0.4 is 10.2 Å². The van der Waals surface area contributed by atoms with Crippen molar-refractivity contribution in [2.75, 3.05) is 31.1 Å². The molecule has 0 saturated carbocycles. The van der Waals surface area contributed by atoms with E-state index in [0.717, 1.165) is 11.1 Å². The highest BCUT2D eigenvalue weighted by Crippen LogP contribution is 2.31. The van der Waals surface area contributed by atoms with E-state index >= 15 is 0 Å². The van der Waals surface area contributed by atoms with Gasteiger partial charge in [0.05, 0.1) is 25.7 Å². The zero-order valence-electron chi connectivity index (χ0n) is 18.3. The average molecular weight is 431 g/mol. The molecule has 2 N–H and O–H groups in total. The standard InChI is InChI=1S/C22H29N3O6/c1-14(27)23-11-17-12-25(20(28)30-17)16-7-5-15(6-8-16)18-9-10-24(19(18)13-26)21(29)31-22(2,3)4/h5-9,17,19,26H,10-13H2,1-4H3,(H,23,27)/t17-,19+/m0/s1. The number of amides is 3. The molecule has 31 heavy (non-hydrogen) atoms.